The van der Waals surface area contributed by atoms with Gasteiger partial charge in [0.2, 0.25) is 0 Å². The zero-order valence-electron chi connectivity index (χ0n) is 14.3. The molecule has 3 rings (SSSR count). The molecule has 1 heterocycles. The Hall–Kier alpha value is -2.42. The highest BCUT2D eigenvalue weighted by molar-refractivity contribution is 7.90. The van der Waals surface area contributed by atoms with Crippen LogP contribution in [0.1, 0.15) is 21.6 Å². The number of rotatable bonds is 4. The third-order valence-corrected chi connectivity index (χ3v) is 6.00. The van der Waals surface area contributed by atoms with Crippen LogP contribution < -0.4 is 4.72 Å². The van der Waals surface area contributed by atoms with Crippen LogP contribution in [-0.2, 0) is 10.0 Å². The SMILES string of the molecule is Cc1ccc(-n2cc(C(=O)NS(=O)(=O)c3cccc(Cl)c3C)nn2)c(Cl)c1. The minimum atomic E-state index is -4.12. The van der Waals surface area contributed by atoms with Gasteiger partial charge in [0.25, 0.3) is 15.9 Å². The zero-order chi connectivity index (χ0) is 19.8. The van der Waals surface area contributed by atoms with Crippen LogP contribution in [-0.4, -0.2) is 29.3 Å². The molecular formula is C17H14Cl2N4O3S. The van der Waals surface area contributed by atoms with E-state index in [1.54, 1.807) is 25.1 Å². The van der Waals surface area contributed by atoms with Gasteiger partial charge in [0, 0.05) is 5.02 Å². The maximum atomic E-state index is 12.5. The van der Waals surface area contributed by atoms with Gasteiger partial charge in [0.15, 0.2) is 5.69 Å². The van der Waals surface area contributed by atoms with E-state index in [0.717, 1.165) is 5.56 Å². The minimum absolute atomic E-state index is 0.0858. The van der Waals surface area contributed by atoms with Crippen molar-refractivity contribution in [2.45, 2.75) is 18.7 Å². The van der Waals surface area contributed by atoms with Crippen LogP contribution in [0.4, 0.5) is 0 Å². The van der Waals surface area contributed by atoms with Crippen LogP contribution in [0.2, 0.25) is 10.0 Å². The third kappa shape index (κ3) is 3.97. The molecule has 0 spiro atoms. The smallest absolute Gasteiger partial charge is 0.266 e. The topological polar surface area (TPSA) is 94.0 Å². The Morgan fingerprint density at radius 2 is 1.85 bits per heavy atom. The summed E-state index contributed by atoms with van der Waals surface area (Å²) in [6.07, 6.45) is 1.30. The predicted octanol–water partition coefficient (Wildman–Crippen LogP) is 3.31. The molecule has 0 saturated carbocycles. The van der Waals surface area contributed by atoms with Crippen LogP contribution in [0.5, 0.6) is 0 Å². The van der Waals surface area contributed by atoms with Crippen molar-refractivity contribution in [3.8, 4) is 5.69 Å². The average Bonchev–Trinajstić information content (AvgIpc) is 3.06. The summed E-state index contributed by atoms with van der Waals surface area (Å²) in [5.41, 5.74) is 1.65. The maximum absolute atomic E-state index is 12.5. The second-order valence-corrected chi connectivity index (χ2v) is 8.27. The lowest BCUT2D eigenvalue weighted by molar-refractivity contribution is 0.0976. The molecule has 0 aliphatic carbocycles. The molecule has 2 aromatic carbocycles. The first-order valence-corrected chi connectivity index (χ1v) is 9.94. The number of nitrogens with zero attached hydrogens (tertiary/aromatic N) is 3. The Labute approximate surface area is 166 Å². The predicted molar refractivity (Wildman–Crippen MR) is 102 cm³/mol. The minimum Gasteiger partial charge on any atom is -0.266 e. The summed E-state index contributed by atoms with van der Waals surface area (Å²) in [6.45, 7) is 3.44. The molecule has 7 nitrogen and oxygen atoms in total. The molecule has 27 heavy (non-hydrogen) atoms. The van der Waals surface area contributed by atoms with Crippen molar-refractivity contribution in [3.63, 3.8) is 0 Å². The van der Waals surface area contributed by atoms with Crippen LogP contribution in [0, 0.1) is 13.8 Å². The van der Waals surface area contributed by atoms with Gasteiger partial charge >= 0.3 is 0 Å². The van der Waals surface area contributed by atoms with Crippen LogP contribution in [0.15, 0.2) is 47.5 Å². The number of aromatic nitrogens is 3. The molecular weight excluding hydrogens is 411 g/mol. The van der Waals surface area contributed by atoms with Gasteiger partial charge in [0.1, 0.15) is 0 Å². The van der Waals surface area contributed by atoms with E-state index in [-0.39, 0.29) is 15.6 Å². The summed E-state index contributed by atoms with van der Waals surface area (Å²) < 4.78 is 28.3. The standard InChI is InChI=1S/C17H14Cl2N4O3S/c1-10-6-7-15(13(19)8-10)23-9-14(20-22-23)17(24)21-27(25,26)16-5-3-4-12(18)11(16)2/h3-9H,1-2H3,(H,21,24). The molecule has 0 unspecified atom stereocenters. The lowest BCUT2D eigenvalue weighted by Gasteiger charge is -2.09. The summed E-state index contributed by atoms with van der Waals surface area (Å²) in [4.78, 5) is 12.3. The molecule has 10 heteroatoms. The highest BCUT2D eigenvalue weighted by Gasteiger charge is 2.23. The van der Waals surface area contributed by atoms with E-state index in [4.69, 9.17) is 23.2 Å². The Bertz CT molecular complexity index is 1140. The second-order valence-electron chi connectivity index (χ2n) is 5.80. The van der Waals surface area contributed by atoms with E-state index < -0.39 is 15.9 Å². The number of carbonyl (C=O) groups is 1. The monoisotopic (exact) mass is 424 g/mol. The third-order valence-electron chi connectivity index (χ3n) is 3.81. The molecule has 140 valence electrons. The van der Waals surface area contributed by atoms with E-state index in [2.05, 4.69) is 10.3 Å². The number of sulfonamides is 1. The molecule has 0 atom stereocenters. The number of hydrogen-bond acceptors (Lipinski definition) is 5. The Kier molecular flexibility index (Phi) is 5.23. The van der Waals surface area contributed by atoms with Gasteiger partial charge in [-0.05, 0) is 49.2 Å². The van der Waals surface area contributed by atoms with Crippen LogP contribution in [0.25, 0.3) is 5.69 Å². The Morgan fingerprint density at radius 3 is 2.56 bits per heavy atom. The quantitative estimate of drug-likeness (QED) is 0.692. The van der Waals surface area contributed by atoms with Crippen LogP contribution >= 0.6 is 23.2 Å². The second kappa shape index (κ2) is 7.30. The van der Waals surface area contributed by atoms with Crippen molar-refractivity contribution < 1.29 is 13.2 Å². The largest absolute Gasteiger partial charge is 0.287 e. The molecule has 1 aromatic heterocycles. The Morgan fingerprint density at radius 1 is 1.11 bits per heavy atom. The molecule has 0 saturated heterocycles. The van der Waals surface area contributed by atoms with Gasteiger partial charge in [-0.2, -0.15) is 0 Å². The molecule has 0 bridgehead atoms. The number of amides is 1. The van der Waals surface area contributed by atoms with Gasteiger partial charge in [-0.3, -0.25) is 4.79 Å². The van der Waals surface area contributed by atoms with Gasteiger partial charge in [-0.1, -0.05) is 40.5 Å². The molecule has 0 radical (unpaired) electrons. The number of aryl methyl sites for hydroxylation is 1. The molecule has 1 amide bonds. The first kappa shape index (κ1) is 19.3. The summed E-state index contributed by atoms with van der Waals surface area (Å²) >= 11 is 12.1. The number of nitrogens with one attached hydrogen (secondary N) is 1. The maximum Gasteiger partial charge on any atom is 0.287 e. The summed E-state index contributed by atoms with van der Waals surface area (Å²) in [5.74, 6) is -0.913. The molecule has 1 N–H and O–H groups in total. The summed E-state index contributed by atoms with van der Waals surface area (Å²) in [7, 11) is -4.12. The van der Waals surface area contributed by atoms with E-state index in [1.807, 2.05) is 17.7 Å². The van der Waals surface area contributed by atoms with E-state index in [0.29, 0.717) is 16.3 Å². The molecule has 0 aliphatic rings. The van der Waals surface area contributed by atoms with Crippen molar-refractivity contribution >= 4 is 39.1 Å². The van der Waals surface area contributed by atoms with E-state index in [1.165, 1.54) is 23.0 Å². The van der Waals surface area contributed by atoms with Crippen LogP contribution in [0.3, 0.4) is 0 Å². The van der Waals surface area contributed by atoms with Gasteiger partial charge in [-0.15, -0.1) is 5.10 Å². The van der Waals surface area contributed by atoms with Crippen molar-refractivity contribution in [2.24, 2.45) is 0 Å². The van der Waals surface area contributed by atoms with Crippen molar-refractivity contribution in [3.05, 3.63) is 69.5 Å². The average molecular weight is 425 g/mol. The number of halogens is 2. The lowest BCUT2D eigenvalue weighted by atomic mass is 10.2. The van der Waals surface area contributed by atoms with E-state index in [9.17, 15) is 13.2 Å². The summed E-state index contributed by atoms with van der Waals surface area (Å²) in [6, 6.07) is 9.71. The highest BCUT2D eigenvalue weighted by Crippen LogP contribution is 2.23. The first-order chi connectivity index (χ1) is 12.7. The molecule has 0 fully saturated rings. The summed E-state index contributed by atoms with van der Waals surface area (Å²) in [5, 5.41) is 8.27. The van der Waals surface area contributed by atoms with Gasteiger partial charge in [-0.25, -0.2) is 17.8 Å². The fourth-order valence-electron chi connectivity index (χ4n) is 2.39. The number of benzene rings is 2. The molecule has 0 aliphatic heterocycles. The first-order valence-electron chi connectivity index (χ1n) is 7.70. The van der Waals surface area contributed by atoms with Gasteiger partial charge < -0.3 is 0 Å². The number of carbonyl (C=O) groups excluding carboxylic acids is 1. The lowest BCUT2D eigenvalue weighted by Crippen LogP contribution is -2.31. The van der Waals surface area contributed by atoms with Crippen molar-refractivity contribution in [1.29, 1.82) is 0 Å². The zero-order valence-corrected chi connectivity index (χ0v) is 16.6. The normalized spacial score (nSPS) is 11.4. The fourth-order valence-corrected chi connectivity index (χ4v) is 4.17. The van der Waals surface area contributed by atoms with Crippen molar-refractivity contribution in [2.75, 3.05) is 0 Å². The Balaban J connectivity index is 1.87. The van der Waals surface area contributed by atoms with E-state index >= 15 is 0 Å². The van der Waals surface area contributed by atoms with Gasteiger partial charge in [0.05, 0.1) is 21.8 Å². The fraction of sp³-hybridized carbons (Fsp3) is 0.118. The van der Waals surface area contributed by atoms with Crippen molar-refractivity contribution in [1.82, 2.24) is 19.7 Å². The number of hydrogen-bond donors (Lipinski definition) is 1. The highest BCUT2D eigenvalue weighted by atomic mass is 35.5. The molecule has 3 aromatic rings.